The van der Waals surface area contributed by atoms with Gasteiger partial charge in [0.1, 0.15) is 0 Å². The molecule has 2 aliphatic heterocycles. The van der Waals surface area contributed by atoms with Crippen molar-refractivity contribution in [3.63, 3.8) is 0 Å². The molecule has 0 aromatic carbocycles. The van der Waals surface area contributed by atoms with Crippen LogP contribution in [-0.4, -0.2) is 16.7 Å². The van der Waals surface area contributed by atoms with Gasteiger partial charge in [0, 0.05) is 0 Å². The van der Waals surface area contributed by atoms with Crippen LogP contribution in [0.3, 0.4) is 0 Å². The van der Waals surface area contributed by atoms with Crippen molar-refractivity contribution in [1.82, 2.24) is 4.90 Å². The fourth-order valence-corrected chi connectivity index (χ4v) is 2.98. The molecule has 0 aromatic rings. The van der Waals surface area contributed by atoms with Crippen LogP contribution < -0.4 is 21.2 Å². The van der Waals surface area contributed by atoms with Crippen molar-refractivity contribution >= 4 is 11.8 Å². The van der Waals surface area contributed by atoms with Gasteiger partial charge in [-0.15, -0.1) is 0 Å². The van der Waals surface area contributed by atoms with Gasteiger partial charge in [0.25, 0.3) is 0 Å². The molecule has 0 aliphatic carbocycles. The summed E-state index contributed by atoms with van der Waals surface area (Å²) in [6, 6.07) is 0. The maximum absolute atomic E-state index is 11.4. The Balaban J connectivity index is 2.26. The molecule has 0 unspecified atom stereocenters. The van der Waals surface area contributed by atoms with E-state index >= 15 is 0 Å². The van der Waals surface area contributed by atoms with Crippen LogP contribution in [0.15, 0.2) is 43.7 Å². The Hall–Kier alpha value is -1.17. The fraction of sp³-hybridized carbons (Fsp3) is 0.0909. The molecule has 78 valence electrons. The zero-order chi connectivity index (χ0) is 10.8. The standard InChI is InChI=1S/C11H9INO2/c1-8-3-2-4-9(7-12-8)13-10(14)5-6-11(13)15/h2-7H,1H3/q-1. The fourth-order valence-electron chi connectivity index (χ4n) is 1.27. The Morgan fingerprint density at radius 3 is 2.47 bits per heavy atom. The zero-order valence-electron chi connectivity index (χ0n) is 8.11. The molecule has 0 atom stereocenters. The van der Waals surface area contributed by atoms with Crippen molar-refractivity contribution in [3.8, 4) is 0 Å². The van der Waals surface area contributed by atoms with Crippen molar-refractivity contribution in [2.24, 2.45) is 0 Å². The second-order valence-electron chi connectivity index (χ2n) is 3.10. The molecule has 4 heteroatoms. The molecule has 0 saturated carbocycles. The van der Waals surface area contributed by atoms with Gasteiger partial charge in [0.2, 0.25) is 0 Å². The summed E-state index contributed by atoms with van der Waals surface area (Å²) < 4.78 is 3.31. The summed E-state index contributed by atoms with van der Waals surface area (Å²) in [6.45, 7) is 2.06. The Morgan fingerprint density at radius 2 is 1.80 bits per heavy atom. The molecule has 0 aromatic heterocycles. The minimum absolute atomic E-state index is 0.210. The molecule has 0 fully saturated rings. The van der Waals surface area contributed by atoms with Gasteiger partial charge >= 0.3 is 98.2 Å². The topological polar surface area (TPSA) is 37.4 Å². The average Bonchev–Trinajstić information content (AvgIpc) is 2.41. The third-order valence-electron chi connectivity index (χ3n) is 2.00. The van der Waals surface area contributed by atoms with E-state index in [0.29, 0.717) is 5.70 Å². The van der Waals surface area contributed by atoms with E-state index in [9.17, 15) is 9.59 Å². The molecular weight excluding hydrogens is 305 g/mol. The van der Waals surface area contributed by atoms with E-state index in [2.05, 4.69) is 6.92 Å². The molecular formula is C11H9INO2-. The van der Waals surface area contributed by atoms with Crippen LogP contribution in [-0.2, 0) is 9.59 Å². The number of amides is 2. The zero-order valence-corrected chi connectivity index (χ0v) is 10.3. The summed E-state index contributed by atoms with van der Waals surface area (Å²) in [5.74, 6) is -0.501. The molecule has 2 aliphatic rings. The number of hydrogen-bond donors (Lipinski definition) is 0. The van der Waals surface area contributed by atoms with Crippen molar-refractivity contribution in [1.29, 1.82) is 0 Å². The van der Waals surface area contributed by atoms with Gasteiger partial charge in [-0.25, -0.2) is 0 Å². The minimum atomic E-state index is -0.250. The second-order valence-corrected chi connectivity index (χ2v) is 6.05. The molecule has 0 N–H and O–H groups in total. The van der Waals surface area contributed by atoms with Gasteiger partial charge < -0.3 is 0 Å². The molecule has 3 nitrogen and oxygen atoms in total. The number of carbonyl (C=O) groups is 2. The van der Waals surface area contributed by atoms with Crippen LogP contribution in [0.4, 0.5) is 0 Å². The van der Waals surface area contributed by atoms with Crippen LogP contribution in [0.25, 0.3) is 0 Å². The van der Waals surface area contributed by atoms with Gasteiger partial charge in [0.05, 0.1) is 0 Å². The maximum atomic E-state index is 11.4. The average molecular weight is 314 g/mol. The summed E-state index contributed by atoms with van der Waals surface area (Å²) >= 11 is -0.210. The molecule has 0 saturated heterocycles. The SMILES string of the molecule is CC1=CC=CC(N2C(=O)C=CC2=O)=C[I-]1. The van der Waals surface area contributed by atoms with Crippen LogP contribution in [0.1, 0.15) is 6.92 Å². The van der Waals surface area contributed by atoms with E-state index in [4.69, 9.17) is 0 Å². The molecule has 2 amide bonds. The van der Waals surface area contributed by atoms with Gasteiger partial charge in [-0.05, 0) is 0 Å². The first kappa shape index (κ1) is 10.4. The Kier molecular flexibility index (Phi) is 2.86. The molecule has 0 bridgehead atoms. The summed E-state index contributed by atoms with van der Waals surface area (Å²) in [6.07, 6.45) is 8.32. The summed E-state index contributed by atoms with van der Waals surface area (Å²) in [5, 5.41) is 0. The van der Waals surface area contributed by atoms with Crippen molar-refractivity contribution in [2.45, 2.75) is 6.92 Å². The number of nitrogens with zero attached hydrogens (tertiary/aromatic N) is 1. The van der Waals surface area contributed by atoms with Crippen LogP contribution in [0.5, 0.6) is 0 Å². The molecule has 0 radical (unpaired) electrons. The number of carbonyl (C=O) groups excluding carboxylic acids is 2. The Bertz CT molecular complexity index is 426. The van der Waals surface area contributed by atoms with Crippen LogP contribution in [0, 0.1) is 0 Å². The molecule has 0 spiro atoms. The summed E-state index contributed by atoms with van der Waals surface area (Å²) in [7, 11) is 0. The van der Waals surface area contributed by atoms with Gasteiger partial charge in [-0.2, -0.15) is 0 Å². The van der Waals surface area contributed by atoms with Gasteiger partial charge in [-0.1, -0.05) is 0 Å². The molecule has 2 heterocycles. The predicted octanol–water partition coefficient (Wildman–Crippen LogP) is -1.68. The Morgan fingerprint density at radius 1 is 1.13 bits per heavy atom. The second kappa shape index (κ2) is 4.14. The van der Waals surface area contributed by atoms with Crippen molar-refractivity contribution < 1.29 is 30.8 Å². The Labute approximate surface area is 98.1 Å². The number of halogens is 1. The number of allylic oxidation sites excluding steroid dienone is 4. The van der Waals surface area contributed by atoms with E-state index in [0.717, 1.165) is 0 Å². The van der Waals surface area contributed by atoms with Gasteiger partial charge in [-0.3, -0.25) is 0 Å². The number of imide groups is 1. The van der Waals surface area contributed by atoms with Gasteiger partial charge in [0.15, 0.2) is 0 Å². The summed E-state index contributed by atoms with van der Waals surface area (Å²) in [4.78, 5) is 24.0. The normalized spacial score (nSPS) is 21.0. The molecule has 2 rings (SSSR count). The van der Waals surface area contributed by atoms with E-state index < -0.39 is 0 Å². The number of rotatable bonds is 1. The number of hydrogen-bond acceptors (Lipinski definition) is 2. The first-order valence-electron chi connectivity index (χ1n) is 4.43. The first-order valence-corrected chi connectivity index (χ1v) is 6.75. The van der Waals surface area contributed by atoms with E-state index in [1.807, 2.05) is 16.2 Å². The third kappa shape index (κ3) is 2.09. The van der Waals surface area contributed by atoms with Crippen LogP contribution in [0.2, 0.25) is 0 Å². The van der Waals surface area contributed by atoms with Crippen molar-refractivity contribution in [3.05, 3.63) is 43.7 Å². The molecule has 15 heavy (non-hydrogen) atoms. The van der Waals surface area contributed by atoms with E-state index in [1.165, 1.54) is 20.6 Å². The predicted molar refractivity (Wildman–Crippen MR) is 52.0 cm³/mol. The quantitative estimate of drug-likeness (QED) is 0.428. The van der Waals surface area contributed by atoms with Crippen molar-refractivity contribution in [2.75, 3.05) is 0 Å². The van der Waals surface area contributed by atoms with Crippen LogP contribution >= 0.6 is 0 Å². The summed E-state index contributed by atoms with van der Waals surface area (Å²) in [5.41, 5.74) is 0.705. The monoisotopic (exact) mass is 314 g/mol. The van der Waals surface area contributed by atoms with E-state index in [1.54, 1.807) is 6.08 Å². The first-order chi connectivity index (χ1) is 7.18. The third-order valence-corrected chi connectivity index (χ3v) is 4.29. The van der Waals surface area contributed by atoms with E-state index in [-0.39, 0.29) is 33.0 Å².